The van der Waals surface area contributed by atoms with Gasteiger partial charge in [-0.05, 0) is 18.8 Å². The van der Waals surface area contributed by atoms with Crippen LogP contribution in [0.2, 0.25) is 0 Å². The Balaban J connectivity index is 5.13. The number of allylic oxidation sites excluding steroid dienone is 1. The first-order valence-electron chi connectivity index (χ1n) is 5.84. The van der Waals surface area contributed by atoms with Crippen LogP contribution in [0.4, 0.5) is 0 Å². The molecular weight excluding hydrogens is 220 g/mol. The van der Waals surface area contributed by atoms with Gasteiger partial charge in [0.1, 0.15) is 0 Å². The Bertz CT molecular complexity index is 329. The van der Waals surface area contributed by atoms with E-state index in [2.05, 4.69) is 9.71 Å². The van der Waals surface area contributed by atoms with Gasteiger partial charge >= 0.3 is 11.7 Å². The molecule has 0 aromatic carbocycles. The Morgan fingerprint density at radius 1 is 1.47 bits per heavy atom. The summed E-state index contributed by atoms with van der Waals surface area (Å²) in [6.45, 7) is 6.06. The number of carbonyl (C=O) groups is 1. The van der Waals surface area contributed by atoms with Crippen molar-refractivity contribution >= 4 is 5.97 Å². The summed E-state index contributed by atoms with van der Waals surface area (Å²) in [5, 5.41) is 18.7. The molecule has 0 amide bonds. The third-order valence-corrected chi connectivity index (χ3v) is 2.50. The van der Waals surface area contributed by atoms with Crippen molar-refractivity contribution in [3.63, 3.8) is 0 Å². The Kier molecular flexibility index (Phi) is 6.95. The summed E-state index contributed by atoms with van der Waals surface area (Å²) in [6.07, 6.45) is 2.34. The molecule has 0 saturated heterocycles. The molecule has 0 aromatic heterocycles. The van der Waals surface area contributed by atoms with Crippen LogP contribution >= 0.6 is 0 Å². The summed E-state index contributed by atoms with van der Waals surface area (Å²) >= 11 is 0. The SMILES string of the molecule is CCCC(CC(C)C)/C(O)=C(\[N+]#N)C(=O)OC. The number of nitrogens with zero attached hydrogens (tertiary/aromatic N) is 2. The van der Waals surface area contributed by atoms with E-state index in [1.165, 1.54) is 7.11 Å². The van der Waals surface area contributed by atoms with Crippen molar-refractivity contribution < 1.29 is 14.6 Å². The van der Waals surface area contributed by atoms with Crippen LogP contribution in [0.5, 0.6) is 0 Å². The van der Waals surface area contributed by atoms with E-state index in [0.717, 1.165) is 19.3 Å². The lowest BCUT2D eigenvalue weighted by Gasteiger charge is -2.15. The van der Waals surface area contributed by atoms with Gasteiger partial charge in [-0.2, -0.15) is 0 Å². The number of hydrogen-bond donors (Lipinski definition) is 1. The normalized spacial score (nSPS) is 13.9. The fraction of sp³-hybridized carbons (Fsp3) is 0.750. The minimum atomic E-state index is -0.824. The average molecular weight is 241 g/mol. The minimum absolute atomic E-state index is 0.176. The molecule has 96 valence electrons. The van der Waals surface area contributed by atoms with Gasteiger partial charge in [-0.1, -0.05) is 27.2 Å². The predicted octanol–water partition coefficient (Wildman–Crippen LogP) is 3.24. The van der Waals surface area contributed by atoms with Gasteiger partial charge < -0.3 is 9.84 Å². The second-order valence-electron chi connectivity index (χ2n) is 4.44. The van der Waals surface area contributed by atoms with E-state index in [-0.39, 0.29) is 11.7 Å². The van der Waals surface area contributed by atoms with Crippen LogP contribution in [0.25, 0.3) is 4.98 Å². The van der Waals surface area contributed by atoms with Crippen LogP contribution in [0.3, 0.4) is 0 Å². The van der Waals surface area contributed by atoms with E-state index in [0.29, 0.717) is 5.92 Å². The van der Waals surface area contributed by atoms with E-state index in [9.17, 15) is 9.90 Å². The van der Waals surface area contributed by atoms with Gasteiger partial charge in [0.15, 0.2) is 10.7 Å². The van der Waals surface area contributed by atoms with Gasteiger partial charge in [-0.3, -0.25) is 0 Å². The van der Waals surface area contributed by atoms with Gasteiger partial charge in [0.05, 0.1) is 7.11 Å². The monoisotopic (exact) mass is 241 g/mol. The molecule has 0 rings (SSSR count). The van der Waals surface area contributed by atoms with E-state index in [4.69, 9.17) is 5.39 Å². The third kappa shape index (κ3) is 4.85. The van der Waals surface area contributed by atoms with Crippen molar-refractivity contribution in [3.8, 4) is 0 Å². The second kappa shape index (κ2) is 7.66. The lowest BCUT2D eigenvalue weighted by Crippen LogP contribution is -2.13. The van der Waals surface area contributed by atoms with Gasteiger partial charge in [-0.15, -0.1) is 0 Å². The van der Waals surface area contributed by atoms with Crippen molar-refractivity contribution in [3.05, 3.63) is 16.4 Å². The number of ether oxygens (including phenoxy) is 1. The van der Waals surface area contributed by atoms with Crippen LogP contribution < -0.4 is 0 Å². The predicted molar refractivity (Wildman–Crippen MR) is 64.6 cm³/mol. The first-order valence-corrected chi connectivity index (χ1v) is 5.84. The molecule has 0 heterocycles. The number of esters is 1. The molecule has 0 fully saturated rings. The van der Waals surface area contributed by atoms with Crippen LogP contribution in [-0.2, 0) is 9.53 Å². The van der Waals surface area contributed by atoms with E-state index >= 15 is 0 Å². The number of aliphatic hydroxyl groups excluding tert-OH is 1. The van der Waals surface area contributed by atoms with Gasteiger partial charge in [0, 0.05) is 5.92 Å². The van der Waals surface area contributed by atoms with Crippen LogP contribution in [-0.4, -0.2) is 18.2 Å². The minimum Gasteiger partial charge on any atom is -0.505 e. The summed E-state index contributed by atoms with van der Waals surface area (Å²) in [5.41, 5.74) is -0.397. The first kappa shape index (κ1) is 15.4. The fourth-order valence-electron chi connectivity index (χ4n) is 1.77. The number of rotatable bonds is 6. The van der Waals surface area contributed by atoms with E-state index in [1.54, 1.807) is 0 Å². The maximum atomic E-state index is 11.3. The Hall–Kier alpha value is -1.57. The molecule has 1 N–H and O–H groups in total. The second-order valence-corrected chi connectivity index (χ2v) is 4.44. The molecule has 5 nitrogen and oxygen atoms in total. The number of diazo groups is 1. The van der Waals surface area contributed by atoms with Gasteiger partial charge in [0.25, 0.3) is 0 Å². The molecule has 0 aliphatic carbocycles. The van der Waals surface area contributed by atoms with Gasteiger partial charge in [-0.25, -0.2) is 4.79 Å². The molecule has 0 spiro atoms. The van der Waals surface area contributed by atoms with Crippen molar-refractivity contribution in [1.29, 1.82) is 5.39 Å². The third-order valence-electron chi connectivity index (χ3n) is 2.50. The zero-order valence-corrected chi connectivity index (χ0v) is 10.9. The summed E-state index contributed by atoms with van der Waals surface area (Å²) in [6, 6.07) is 0. The topological polar surface area (TPSA) is 74.7 Å². The highest BCUT2D eigenvalue weighted by molar-refractivity contribution is 5.90. The van der Waals surface area contributed by atoms with Crippen molar-refractivity contribution in [2.45, 2.75) is 40.0 Å². The molecule has 17 heavy (non-hydrogen) atoms. The molecule has 1 atom stereocenters. The van der Waals surface area contributed by atoms with E-state index < -0.39 is 11.7 Å². The highest BCUT2D eigenvalue weighted by Crippen LogP contribution is 2.26. The molecule has 0 saturated carbocycles. The first-order chi connectivity index (χ1) is 7.97. The molecule has 0 aliphatic rings. The maximum Gasteiger partial charge on any atom is 0.505 e. The Morgan fingerprint density at radius 2 is 2.06 bits per heavy atom. The maximum absolute atomic E-state index is 11.3. The molecule has 0 aromatic rings. The zero-order chi connectivity index (χ0) is 13.4. The molecule has 5 heteroatoms. The zero-order valence-electron chi connectivity index (χ0n) is 10.9. The van der Waals surface area contributed by atoms with Crippen LogP contribution in [0.1, 0.15) is 40.0 Å². The average Bonchev–Trinajstić information content (AvgIpc) is 2.28. The number of methoxy groups -OCH3 is 1. The summed E-state index contributed by atoms with van der Waals surface area (Å²) in [4.78, 5) is 14.1. The smallest absolute Gasteiger partial charge is 0.505 e. The summed E-state index contributed by atoms with van der Waals surface area (Å²) in [7, 11) is 1.18. The Labute approximate surface area is 102 Å². The van der Waals surface area contributed by atoms with Gasteiger partial charge in [0.2, 0.25) is 5.39 Å². The fourth-order valence-corrected chi connectivity index (χ4v) is 1.77. The Morgan fingerprint density at radius 3 is 2.41 bits per heavy atom. The lowest BCUT2D eigenvalue weighted by molar-refractivity contribution is -0.136. The molecule has 0 aliphatic heterocycles. The number of hydrogen-bond acceptors (Lipinski definition) is 4. The standard InChI is InChI=1S/C12H20N2O3/c1-5-6-9(7-8(2)3)11(15)10(14-13)12(16)17-4/h8-9H,5-7H2,1-4H3/p+1. The summed E-state index contributed by atoms with van der Waals surface area (Å²) in [5.74, 6) is -0.805. The van der Waals surface area contributed by atoms with Crippen LogP contribution in [0, 0.1) is 17.2 Å². The van der Waals surface area contributed by atoms with Crippen LogP contribution in [0.15, 0.2) is 11.5 Å². The lowest BCUT2D eigenvalue weighted by atomic mass is 9.90. The van der Waals surface area contributed by atoms with Crippen molar-refractivity contribution in [1.82, 2.24) is 0 Å². The molecule has 0 radical (unpaired) electrons. The summed E-state index contributed by atoms with van der Waals surface area (Å²) < 4.78 is 4.45. The quantitative estimate of drug-likeness (QED) is 0.335. The molecule has 0 bridgehead atoms. The van der Waals surface area contributed by atoms with Crippen molar-refractivity contribution in [2.75, 3.05) is 7.11 Å². The molecular formula is C12H21N2O3+. The number of aliphatic hydroxyl groups is 1. The highest BCUT2D eigenvalue weighted by atomic mass is 16.5. The highest BCUT2D eigenvalue weighted by Gasteiger charge is 2.34. The number of carbonyl (C=O) groups excluding carboxylic acids is 1. The van der Waals surface area contributed by atoms with Crippen molar-refractivity contribution in [2.24, 2.45) is 11.8 Å². The largest absolute Gasteiger partial charge is 0.505 e. The van der Waals surface area contributed by atoms with E-state index in [1.807, 2.05) is 20.8 Å². The molecule has 1 unspecified atom stereocenters.